The molecule has 0 spiro atoms. The van der Waals surface area contributed by atoms with Crippen molar-refractivity contribution in [2.24, 2.45) is 5.92 Å². The molecule has 5 heteroatoms. The Morgan fingerprint density at radius 1 is 1.00 bits per heavy atom. The number of piperazine rings is 1. The Morgan fingerprint density at radius 3 is 2.38 bits per heavy atom. The van der Waals surface area contributed by atoms with Crippen molar-refractivity contribution in [1.29, 1.82) is 0 Å². The van der Waals surface area contributed by atoms with Crippen LogP contribution in [0.1, 0.15) is 52.5 Å². The summed E-state index contributed by atoms with van der Waals surface area (Å²) in [7, 11) is 2.24. The van der Waals surface area contributed by atoms with Crippen LogP contribution in [0.15, 0.2) is 24.3 Å². The zero-order valence-electron chi connectivity index (χ0n) is 21.4. The van der Waals surface area contributed by atoms with Crippen molar-refractivity contribution in [2.45, 2.75) is 65.6 Å². The molecule has 5 nitrogen and oxygen atoms in total. The zero-order chi connectivity index (χ0) is 22.9. The van der Waals surface area contributed by atoms with Crippen LogP contribution >= 0.6 is 0 Å². The normalized spacial score (nSPS) is 21.2. The average molecular weight is 445 g/mol. The van der Waals surface area contributed by atoms with Gasteiger partial charge in [0.25, 0.3) is 0 Å². The van der Waals surface area contributed by atoms with Gasteiger partial charge in [-0.2, -0.15) is 0 Å². The third-order valence-electron chi connectivity index (χ3n) is 7.11. The molecule has 0 amide bonds. The van der Waals surface area contributed by atoms with Crippen LogP contribution in [0.2, 0.25) is 0 Å². The van der Waals surface area contributed by atoms with Crippen molar-refractivity contribution >= 4 is 5.69 Å². The minimum atomic E-state index is 0.386. The van der Waals surface area contributed by atoms with E-state index in [0.29, 0.717) is 12.1 Å². The summed E-state index contributed by atoms with van der Waals surface area (Å²) in [5.41, 5.74) is 2.77. The van der Waals surface area contributed by atoms with Crippen LogP contribution in [-0.2, 0) is 11.3 Å². The molecular formula is C27H48N4O. The first-order valence-electron chi connectivity index (χ1n) is 13.0. The van der Waals surface area contributed by atoms with Crippen LogP contribution in [0.3, 0.4) is 0 Å². The zero-order valence-corrected chi connectivity index (χ0v) is 21.4. The number of morpholine rings is 1. The highest BCUT2D eigenvalue weighted by molar-refractivity contribution is 5.48. The molecule has 1 aromatic rings. The van der Waals surface area contributed by atoms with E-state index in [1.54, 1.807) is 0 Å². The van der Waals surface area contributed by atoms with Crippen molar-refractivity contribution in [3.05, 3.63) is 29.8 Å². The molecule has 2 saturated heterocycles. The number of rotatable bonds is 11. The van der Waals surface area contributed by atoms with Crippen molar-refractivity contribution in [3.8, 4) is 0 Å². The summed E-state index contributed by atoms with van der Waals surface area (Å²) in [4.78, 5) is 10.1. The molecule has 2 fully saturated rings. The van der Waals surface area contributed by atoms with E-state index < -0.39 is 0 Å². The van der Waals surface area contributed by atoms with E-state index in [1.807, 2.05) is 0 Å². The van der Waals surface area contributed by atoms with E-state index in [4.69, 9.17) is 4.74 Å². The number of nitrogens with zero attached hydrogens (tertiary/aromatic N) is 4. The molecule has 0 aliphatic carbocycles. The molecule has 1 atom stereocenters. The fourth-order valence-corrected chi connectivity index (χ4v) is 4.95. The predicted molar refractivity (Wildman–Crippen MR) is 137 cm³/mol. The van der Waals surface area contributed by atoms with Gasteiger partial charge < -0.3 is 14.5 Å². The lowest BCUT2D eigenvalue weighted by Crippen LogP contribution is -2.48. The van der Waals surface area contributed by atoms with E-state index in [0.717, 1.165) is 58.2 Å². The molecule has 0 bridgehead atoms. The van der Waals surface area contributed by atoms with Crippen molar-refractivity contribution in [2.75, 3.05) is 70.9 Å². The summed E-state index contributed by atoms with van der Waals surface area (Å²) in [5.74, 6) is 0.810. The van der Waals surface area contributed by atoms with Crippen molar-refractivity contribution < 1.29 is 4.74 Å². The van der Waals surface area contributed by atoms with Crippen LogP contribution in [0, 0.1) is 5.92 Å². The molecule has 0 radical (unpaired) electrons. The third kappa shape index (κ3) is 8.33. The van der Waals surface area contributed by atoms with Crippen LogP contribution in [0.4, 0.5) is 5.69 Å². The number of anilines is 1. The summed E-state index contributed by atoms with van der Waals surface area (Å²) >= 11 is 0. The molecule has 3 rings (SSSR count). The van der Waals surface area contributed by atoms with Gasteiger partial charge in [-0.1, -0.05) is 26.0 Å². The molecule has 0 N–H and O–H groups in total. The smallest absolute Gasteiger partial charge is 0.0714 e. The van der Waals surface area contributed by atoms with Gasteiger partial charge in [-0.25, -0.2) is 0 Å². The number of hydrogen-bond acceptors (Lipinski definition) is 5. The number of ether oxygens (including phenoxy) is 1. The highest BCUT2D eigenvalue weighted by Crippen LogP contribution is 2.19. The molecule has 1 aromatic carbocycles. The highest BCUT2D eigenvalue weighted by Gasteiger charge is 2.21. The van der Waals surface area contributed by atoms with Crippen LogP contribution in [0.25, 0.3) is 0 Å². The SMILES string of the molecule is CC(C)CCCN1CCO[C@H](CCN(C)Cc2ccc(N3CCN(C(C)C)CC3)cc2)C1. The summed E-state index contributed by atoms with van der Waals surface area (Å²) in [6.07, 6.45) is 4.15. The van der Waals surface area contributed by atoms with Gasteiger partial charge in [-0.3, -0.25) is 9.80 Å². The van der Waals surface area contributed by atoms with Crippen LogP contribution in [-0.4, -0.2) is 92.9 Å². The van der Waals surface area contributed by atoms with E-state index in [-0.39, 0.29) is 0 Å². The van der Waals surface area contributed by atoms with E-state index >= 15 is 0 Å². The lowest BCUT2D eigenvalue weighted by molar-refractivity contribution is -0.0355. The molecule has 0 saturated carbocycles. The van der Waals surface area contributed by atoms with Gasteiger partial charge in [-0.15, -0.1) is 0 Å². The molecule has 2 aliphatic rings. The van der Waals surface area contributed by atoms with Gasteiger partial charge >= 0.3 is 0 Å². The average Bonchev–Trinajstić information content (AvgIpc) is 2.78. The second-order valence-electron chi connectivity index (χ2n) is 10.6. The van der Waals surface area contributed by atoms with Crippen molar-refractivity contribution in [3.63, 3.8) is 0 Å². The summed E-state index contributed by atoms with van der Waals surface area (Å²) in [6.45, 7) is 20.2. The first-order valence-corrected chi connectivity index (χ1v) is 13.0. The quantitative estimate of drug-likeness (QED) is 0.509. The van der Waals surface area contributed by atoms with Gasteiger partial charge in [0.1, 0.15) is 0 Å². The first-order chi connectivity index (χ1) is 15.4. The minimum Gasteiger partial charge on any atom is -0.376 e. The fourth-order valence-electron chi connectivity index (χ4n) is 4.95. The predicted octanol–water partition coefficient (Wildman–Crippen LogP) is 4.18. The summed E-state index contributed by atoms with van der Waals surface area (Å²) < 4.78 is 6.06. The second-order valence-corrected chi connectivity index (χ2v) is 10.6. The topological polar surface area (TPSA) is 22.2 Å². The summed E-state index contributed by atoms with van der Waals surface area (Å²) in [5, 5.41) is 0. The van der Waals surface area contributed by atoms with Crippen LogP contribution in [0.5, 0.6) is 0 Å². The Labute approximate surface area is 197 Å². The van der Waals surface area contributed by atoms with Crippen LogP contribution < -0.4 is 4.90 Å². The summed E-state index contributed by atoms with van der Waals surface area (Å²) in [6, 6.07) is 9.91. The standard InChI is InChI=1S/C27H48N4O/c1-23(2)7-6-13-29-19-20-32-27(22-29)12-14-28(5)21-25-8-10-26(11-9-25)31-17-15-30(16-18-31)24(3)4/h8-11,23-24,27H,6-7,12-22H2,1-5H3/t27-/m1/s1. The molecule has 32 heavy (non-hydrogen) atoms. The monoisotopic (exact) mass is 444 g/mol. The highest BCUT2D eigenvalue weighted by atomic mass is 16.5. The first kappa shape index (κ1) is 25.5. The van der Waals surface area contributed by atoms with E-state index in [9.17, 15) is 0 Å². The molecule has 2 heterocycles. The Bertz CT molecular complexity index is 640. The molecule has 182 valence electrons. The molecule has 0 unspecified atom stereocenters. The van der Waals surface area contributed by atoms with Gasteiger partial charge in [0.05, 0.1) is 12.7 Å². The Kier molecular flexibility index (Phi) is 10.3. The minimum absolute atomic E-state index is 0.386. The van der Waals surface area contributed by atoms with Gasteiger partial charge in [0.15, 0.2) is 0 Å². The van der Waals surface area contributed by atoms with E-state index in [1.165, 1.54) is 43.7 Å². The Morgan fingerprint density at radius 2 is 1.72 bits per heavy atom. The maximum atomic E-state index is 6.06. The largest absolute Gasteiger partial charge is 0.376 e. The molecule has 0 aromatic heterocycles. The van der Waals surface area contributed by atoms with Crippen molar-refractivity contribution in [1.82, 2.24) is 14.7 Å². The van der Waals surface area contributed by atoms with Gasteiger partial charge in [0.2, 0.25) is 0 Å². The number of hydrogen-bond donors (Lipinski definition) is 0. The lowest BCUT2D eigenvalue weighted by Gasteiger charge is -2.38. The number of benzene rings is 1. The van der Waals surface area contributed by atoms with Gasteiger partial charge in [0, 0.05) is 64.1 Å². The fraction of sp³-hybridized carbons (Fsp3) is 0.778. The Hall–Kier alpha value is -1.14. The molecule has 2 aliphatic heterocycles. The van der Waals surface area contributed by atoms with E-state index in [2.05, 4.69) is 78.6 Å². The van der Waals surface area contributed by atoms with Gasteiger partial charge in [-0.05, 0) is 70.3 Å². The lowest BCUT2D eigenvalue weighted by atomic mass is 10.1. The Balaban J connectivity index is 1.36. The second kappa shape index (κ2) is 12.9. The molecular weight excluding hydrogens is 396 g/mol. The maximum Gasteiger partial charge on any atom is 0.0714 e. The third-order valence-corrected chi connectivity index (χ3v) is 7.11. The maximum absolute atomic E-state index is 6.06.